The summed E-state index contributed by atoms with van der Waals surface area (Å²) in [5.41, 5.74) is 2.61. The van der Waals surface area contributed by atoms with Gasteiger partial charge < -0.3 is 0 Å². The predicted molar refractivity (Wildman–Crippen MR) is 91.2 cm³/mol. The van der Waals surface area contributed by atoms with Crippen LogP contribution in [0.2, 0.25) is 0 Å². The molecule has 2 atom stereocenters. The standard InChI is InChI=1S/C14H12Br2IN/c1-9(10-4-6-18-7-5-10)14(16)12-8-11(15)2-3-13(12)17/h2-9,14H,1H3. The number of halogens is 3. The van der Waals surface area contributed by atoms with Crippen LogP contribution in [0.4, 0.5) is 0 Å². The number of nitrogens with zero attached hydrogens (tertiary/aromatic N) is 1. The van der Waals surface area contributed by atoms with E-state index in [4.69, 9.17) is 0 Å². The number of hydrogen-bond acceptors (Lipinski definition) is 1. The molecule has 0 fully saturated rings. The fourth-order valence-corrected chi connectivity index (χ4v) is 3.99. The highest BCUT2D eigenvalue weighted by Crippen LogP contribution is 2.40. The molecule has 0 N–H and O–H groups in total. The Morgan fingerprint density at radius 2 is 1.83 bits per heavy atom. The van der Waals surface area contributed by atoms with Crippen LogP contribution in [0.3, 0.4) is 0 Å². The molecule has 2 rings (SSSR count). The fourth-order valence-electron chi connectivity index (χ4n) is 1.83. The first kappa shape index (κ1) is 14.5. The Bertz CT molecular complexity index is 531. The van der Waals surface area contributed by atoms with Crippen LogP contribution in [0.1, 0.15) is 28.8 Å². The fraction of sp³-hybridized carbons (Fsp3) is 0.214. The van der Waals surface area contributed by atoms with Crippen molar-refractivity contribution in [3.8, 4) is 0 Å². The molecule has 0 radical (unpaired) electrons. The Kier molecular flexibility index (Phi) is 5.21. The normalized spacial score (nSPS) is 14.2. The zero-order valence-corrected chi connectivity index (χ0v) is 15.1. The molecule has 0 saturated carbocycles. The topological polar surface area (TPSA) is 12.9 Å². The van der Waals surface area contributed by atoms with Crippen molar-refractivity contribution < 1.29 is 0 Å². The Labute approximate surface area is 138 Å². The van der Waals surface area contributed by atoms with Gasteiger partial charge in [-0.2, -0.15) is 0 Å². The van der Waals surface area contributed by atoms with Crippen molar-refractivity contribution in [3.63, 3.8) is 0 Å². The Balaban J connectivity index is 2.31. The van der Waals surface area contributed by atoms with Gasteiger partial charge in [0.15, 0.2) is 0 Å². The van der Waals surface area contributed by atoms with Crippen molar-refractivity contribution in [2.45, 2.75) is 17.7 Å². The van der Waals surface area contributed by atoms with Crippen LogP contribution in [0.5, 0.6) is 0 Å². The lowest BCUT2D eigenvalue weighted by atomic mass is 9.94. The molecule has 0 aliphatic carbocycles. The van der Waals surface area contributed by atoms with E-state index in [1.165, 1.54) is 14.7 Å². The number of rotatable bonds is 3. The molecule has 0 bridgehead atoms. The number of pyridine rings is 1. The molecule has 1 nitrogen and oxygen atoms in total. The number of aromatic nitrogens is 1. The van der Waals surface area contributed by atoms with E-state index < -0.39 is 0 Å². The summed E-state index contributed by atoms with van der Waals surface area (Å²) in [6.07, 6.45) is 3.69. The Morgan fingerprint density at radius 1 is 1.17 bits per heavy atom. The van der Waals surface area contributed by atoms with Gasteiger partial charge in [0.05, 0.1) is 0 Å². The van der Waals surface area contributed by atoms with E-state index >= 15 is 0 Å². The van der Waals surface area contributed by atoms with Gasteiger partial charge in [-0.25, -0.2) is 0 Å². The number of benzene rings is 1. The summed E-state index contributed by atoms with van der Waals surface area (Å²) in [5, 5.41) is 0. The first-order chi connectivity index (χ1) is 8.59. The summed E-state index contributed by atoms with van der Waals surface area (Å²) in [7, 11) is 0. The highest BCUT2D eigenvalue weighted by atomic mass is 127. The van der Waals surface area contributed by atoms with Crippen LogP contribution < -0.4 is 0 Å². The van der Waals surface area contributed by atoms with Crippen LogP contribution in [0.25, 0.3) is 0 Å². The lowest BCUT2D eigenvalue weighted by Crippen LogP contribution is -2.04. The van der Waals surface area contributed by atoms with E-state index in [-0.39, 0.29) is 0 Å². The van der Waals surface area contributed by atoms with Gasteiger partial charge in [0.1, 0.15) is 0 Å². The molecule has 0 aliphatic rings. The van der Waals surface area contributed by atoms with Gasteiger partial charge in [-0.15, -0.1) is 0 Å². The lowest BCUT2D eigenvalue weighted by Gasteiger charge is -2.20. The smallest absolute Gasteiger partial charge is 0.0472 e. The van der Waals surface area contributed by atoms with Crippen LogP contribution >= 0.6 is 54.5 Å². The second-order valence-electron chi connectivity index (χ2n) is 4.14. The van der Waals surface area contributed by atoms with Gasteiger partial charge in [0.25, 0.3) is 0 Å². The van der Waals surface area contributed by atoms with Gasteiger partial charge >= 0.3 is 0 Å². The third kappa shape index (κ3) is 3.33. The highest BCUT2D eigenvalue weighted by Gasteiger charge is 2.20. The van der Waals surface area contributed by atoms with E-state index in [1.807, 2.05) is 12.4 Å². The molecule has 1 aromatic carbocycles. The summed E-state index contributed by atoms with van der Waals surface area (Å²) in [5.74, 6) is 0.399. The lowest BCUT2D eigenvalue weighted by molar-refractivity contribution is 0.747. The van der Waals surface area contributed by atoms with Crippen molar-refractivity contribution >= 4 is 54.5 Å². The maximum Gasteiger partial charge on any atom is 0.0472 e. The zero-order chi connectivity index (χ0) is 13.1. The maximum absolute atomic E-state index is 4.07. The first-order valence-electron chi connectivity index (χ1n) is 5.58. The third-order valence-electron chi connectivity index (χ3n) is 2.93. The summed E-state index contributed by atoms with van der Waals surface area (Å²) in [6, 6.07) is 10.5. The highest BCUT2D eigenvalue weighted by molar-refractivity contribution is 14.1. The first-order valence-corrected chi connectivity index (χ1v) is 8.37. The van der Waals surface area contributed by atoms with E-state index in [9.17, 15) is 0 Å². The van der Waals surface area contributed by atoms with Gasteiger partial charge in [-0.3, -0.25) is 4.98 Å². The van der Waals surface area contributed by atoms with Crippen molar-refractivity contribution in [2.24, 2.45) is 0 Å². The summed E-state index contributed by atoms with van der Waals surface area (Å²) in [6.45, 7) is 2.23. The second kappa shape index (κ2) is 6.48. The van der Waals surface area contributed by atoms with E-state index in [0.29, 0.717) is 10.7 Å². The van der Waals surface area contributed by atoms with E-state index in [0.717, 1.165) is 4.47 Å². The molecule has 0 amide bonds. The van der Waals surface area contributed by atoms with Crippen molar-refractivity contribution in [2.75, 3.05) is 0 Å². The van der Waals surface area contributed by atoms with Gasteiger partial charge in [-0.05, 0) is 70.0 Å². The molecule has 1 aromatic heterocycles. The van der Waals surface area contributed by atoms with Crippen LogP contribution in [0.15, 0.2) is 47.2 Å². The molecule has 0 spiro atoms. The number of alkyl halides is 1. The molecule has 4 heteroatoms. The average molecular weight is 481 g/mol. The van der Waals surface area contributed by atoms with E-state index in [2.05, 4.69) is 96.7 Å². The quantitative estimate of drug-likeness (QED) is 0.406. The summed E-state index contributed by atoms with van der Waals surface area (Å²) < 4.78 is 2.39. The largest absolute Gasteiger partial charge is 0.265 e. The SMILES string of the molecule is CC(c1ccncc1)C(Br)c1cc(Br)ccc1I. The van der Waals surface area contributed by atoms with Gasteiger partial charge in [-0.1, -0.05) is 38.8 Å². The maximum atomic E-state index is 4.07. The second-order valence-corrected chi connectivity index (χ2v) is 7.20. The van der Waals surface area contributed by atoms with Gasteiger partial charge in [0, 0.05) is 25.3 Å². The van der Waals surface area contributed by atoms with Gasteiger partial charge in [0.2, 0.25) is 0 Å². The monoisotopic (exact) mass is 479 g/mol. The average Bonchev–Trinajstić information content (AvgIpc) is 2.41. The predicted octanol–water partition coefficient (Wildman–Crippen LogP) is 5.69. The van der Waals surface area contributed by atoms with Crippen molar-refractivity contribution in [3.05, 3.63) is 61.9 Å². The molecule has 0 aliphatic heterocycles. The minimum absolute atomic E-state index is 0.296. The molecule has 0 saturated heterocycles. The third-order valence-corrected chi connectivity index (χ3v) is 5.69. The molecule has 18 heavy (non-hydrogen) atoms. The number of hydrogen-bond donors (Lipinski definition) is 0. The van der Waals surface area contributed by atoms with Crippen LogP contribution in [-0.4, -0.2) is 4.98 Å². The summed E-state index contributed by atoms with van der Waals surface area (Å²) >= 11 is 9.74. The Hall–Kier alpha value is 0.0600. The van der Waals surface area contributed by atoms with Crippen molar-refractivity contribution in [1.29, 1.82) is 0 Å². The van der Waals surface area contributed by atoms with Crippen LogP contribution in [-0.2, 0) is 0 Å². The minimum Gasteiger partial charge on any atom is -0.265 e. The Morgan fingerprint density at radius 3 is 2.50 bits per heavy atom. The minimum atomic E-state index is 0.296. The summed E-state index contributed by atoms with van der Waals surface area (Å²) in [4.78, 5) is 4.36. The van der Waals surface area contributed by atoms with Crippen molar-refractivity contribution in [1.82, 2.24) is 4.98 Å². The zero-order valence-electron chi connectivity index (χ0n) is 9.78. The van der Waals surface area contributed by atoms with Crippen LogP contribution in [0, 0.1) is 3.57 Å². The van der Waals surface area contributed by atoms with E-state index in [1.54, 1.807) is 0 Å². The molecule has 94 valence electrons. The molecular weight excluding hydrogens is 469 g/mol. The molecule has 2 aromatic rings. The molecule has 1 heterocycles. The molecule has 2 unspecified atom stereocenters. The molecular formula is C14H12Br2IN.